The fraction of sp³-hybridized carbons (Fsp3) is 0.714. The van der Waals surface area contributed by atoms with Crippen LogP contribution in [0.5, 0.6) is 0 Å². The van der Waals surface area contributed by atoms with Gasteiger partial charge in [0.15, 0.2) is 0 Å². The molecule has 6 nitrogen and oxygen atoms in total. The van der Waals surface area contributed by atoms with E-state index in [9.17, 15) is 19.8 Å². The molecule has 6 heteroatoms. The lowest BCUT2D eigenvalue weighted by molar-refractivity contribution is -0.868. The zero-order valence-corrected chi connectivity index (χ0v) is 14.1. The van der Waals surface area contributed by atoms with E-state index < -0.39 is 11.9 Å². The van der Waals surface area contributed by atoms with Crippen LogP contribution in [0, 0.1) is 0 Å². The van der Waals surface area contributed by atoms with Gasteiger partial charge < -0.3 is 28.8 Å². The van der Waals surface area contributed by atoms with Crippen LogP contribution in [0.2, 0.25) is 0 Å². The summed E-state index contributed by atoms with van der Waals surface area (Å²) in [4.78, 5) is 18.8. The topological polar surface area (TPSA) is 80.3 Å². The normalized spacial score (nSPS) is 11.0. The van der Waals surface area contributed by atoms with Crippen LogP contribution in [0.15, 0.2) is 12.2 Å². The summed E-state index contributed by atoms with van der Waals surface area (Å²) in [5, 5.41) is 18.8. The monoisotopic (exact) mass is 290 g/mol. The number of nitrogens with zero attached hydrogens (tertiary/aromatic N) is 2. The highest BCUT2D eigenvalue weighted by atomic mass is 16.4. The number of hydrogen-bond donors (Lipinski definition) is 0. The molecule has 0 fully saturated rings. The van der Waals surface area contributed by atoms with Crippen LogP contribution in [0.3, 0.4) is 0 Å². The fourth-order valence-electron chi connectivity index (χ4n) is 0.136. The number of hydrogen-bond acceptors (Lipinski definition) is 4. The zero-order valence-electron chi connectivity index (χ0n) is 14.1. The minimum atomic E-state index is -1.55. The molecule has 0 saturated heterocycles. The standard InChI is InChI=1S/2C5H14N.C4H4O4/c2*1-5-6(2,3)4;5-3(6)1-2-4(7)8/h2*5H2,1-4H3;1-2H,(H,5,6)(H,7,8)/q2*+1;/p-2/b;;2-1-. The molecule has 0 aromatic carbocycles. The first kappa shape index (κ1) is 23.7. The van der Waals surface area contributed by atoms with Crippen molar-refractivity contribution >= 4 is 11.9 Å². The van der Waals surface area contributed by atoms with Gasteiger partial charge in [0.05, 0.1) is 67.3 Å². The maximum Gasteiger partial charge on any atom is 0.0751 e. The van der Waals surface area contributed by atoms with Crippen molar-refractivity contribution in [1.29, 1.82) is 0 Å². The van der Waals surface area contributed by atoms with E-state index in [0.29, 0.717) is 12.2 Å². The molecule has 0 aliphatic heterocycles. The van der Waals surface area contributed by atoms with Gasteiger partial charge in [0.2, 0.25) is 0 Å². The van der Waals surface area contributed by atoms with E-state index in [-0.39, 0.29) is 0 Å². The van der Waals surface area contributed by atoms with Crippen LogP contribution in [-0.4, -0.2) is 76.3 Å². The first-order valence-corrected chi connectivity index (χ1v) is 6.46. The average Bonchev–Trinajstić information content (AvgIpc) is 2.26. The van der Waals surface area contributed by atoms with Crippen molar-refractivity contribution in [2.75, 3.05) is 55.4 Å². The molecule has 0 aromatic heterocycles. The summed E-state index contributed by atoms with van der Waals surface area (Å²) in [6, 6.07) is 0. The summed E-state index contributed by atoms with van der Waals surface area (Å²) in [5.41, 5.74) is 0. The van der Waals surface area contributed by atoms with E-state index in [4.69, 9.17) is 0 Å². The predicted octanol–water partition coefficient (Wildman–Crippen LogP) is -1.53. The van der Waals surface area contributed by atoms with E-state index in [1.165, 1.54) is 13.1 Å². The molecule has 0 aliphatic carbocycles. The third-order valence-electron chi connectivity index (χ3n) is 2.25. The molecule has 0 rings (SSSR count). The SMILES string of the molecule is CC[N+](C)(C)C.CC[N+](C)(C)C.O=C([O-])/C=C\C(=O)[O-]. The van der Waals surface area contributed by atoms with Gasteiger partial charge in [0.1, 0.15) is 0 Å². The highest BCUT2D eigenvalue weighted by Gasteiger charge is 1.98. The van der Waals surface area contributed by atoms with Crippen molar-refractivity contribution in [1.82, 2.24) is 0 Å². The average molecular weight is 290 g/mol. The Kier molecular flexibility index (Phi) is 13.5. The summed E-state index contributed by atoms with van der Waals surface area (Å²) in [6.45, 7) is 6.78. The number of carboxylic acid groups (broad SMARTS) is 2. The Labute approximate surface area is 123 Å². The molecule has 0 aliphatic rings. The Balaban J connectivity index is -0.000000221. The van der Waals surface area contributed by atoms with Crippen molar-refractivity contribution in [3.63, 3.8) is 0 Å². The molecule has 0 bridgehead atoms. The third kappa shape index (κ3) is 43.8. The maximum atomic E-state index is 9.41. The second-order valence-electron chi connectivity index (χ2n) is 6.18. The van der Waals surface area contributed by atoms with Crippen molar-refractivity contribution in [2.24, 2.45) is 0 Å². The molecule has 0 aromatic rings. The first-order valence-electron chi connectivity index (χ1n) is 6.46. The van der Waals surface area contributed by atoms with Crippen molar-refractivity contribution in [2.45, 2.75) is 13.8 Å². The largest absolute Gasteiger partial charge is 0.545 e. The van der Waals surface area contributed by atoms with Gasteiger partial charge in [-0.25, -0.2) is 0 Å². The Bertz CT molecular complexity index is 269. The summed E-state index contributed by atoms with van der Waals surface area (Å²) in [7, 11) is 13.1. The van der Waals surface area contributed by atoms with Crippen LogP contribution in [0.4, 0.5) is 0 Å². The fourth-order valence-corrected chi connectivity index (χ4v) is 0.136. The molecule has 0 spiro atoms. The molecule has 0 atom stereocenters. The first-order chi connectivity index (χ1) is 8.75. The zero-order chi connectivity index (χ0) is 17.0. The molecule has 120 valence electrons. The summed E-state index contributed by atoms with van der Waals surface area (Å²) < 4.78 is 2.14. The molecule has 0 amide bonds. The van der Waals surface area contributed by atoms with Gasteiger partial charge in [0.25, 0.3) is 0 Å². The molecule has 0 heterocycles. The van der Waals surface area contributed by atoms with Gasteiger partial charge in [-0.3, -0.25) is 0 Å². The number of carboxylic acids is 2. The minimum Gasteiger partial charge on any atom is -0.545 e. The Hall–Kier alpha value is -1.40. The molecule has 0 radical (unpaired) electrons. The molecular formula is C14H30N2O4. The molecule has 0 saturated carbocycles. The molecule has 0 N–H and O–H groups in total. The highest BCUT2D eigenvalue weighted by Crippen LogP contribution is 1.84. The second kappa shape index (κ2) is 11.4. The van der Waals surface area contributed by atoms with Gasteiger partial charge >= 0.3 is 0 Å². The van der Waals surface area contributed by atoms with E-state index in [1.54, 1.807) is 0 Å². The number of quaternary nitrogens is 2. The Morgan fingerprint density at radius 2 is 0.900 bits per heavy atom. The van der Waals surface area contributed by atoms with Crippen molar-refractivity contribution in [3.05, 3.63) is 12.2 Å². The van der Waals surface area contributed by atoms with E-state index in [2.05, 4.69) is 56.1 Å². The Morgan fingerprint density at radius 1 is 0.750 bits per heavy atom. The smallest absolute Gasteiger partial charge is 0.0751 e. The van der Waals surface area contributed by atoms with E-state index >= 15 is 0 Å². The van der Waals surface area contributed by atoms with Crippen molar-refractivity contribution in [3.8, 4) is 0 Å². The maximum absolute atomic E-state index is 9.41. The van der Waals surface area contributed by atoms with Gasteiger partial charge in [-0.15, -0.1) is 0 Å². The summed E-state index contributed by atoms with van der Waals surface area (Å²) >= 11 is 0. The van der Waals surface area contributed by atoms with Gasteiger partial charge in [-0.1, -0.05) is 0 Å². The van der Waals surface area contributed by atoms with Crippen LogP contribution < -0.4 is 10.2 Å². The molecule has 20 heavy (non-hydrogen) atoms. The van der Waals surface area contributed by atoms with Crippen molar-refractivity contribution < 1.29 is 28.8 Å². The lowest BCUT2D eigenvalue weighted by atomic mass is 10.5. The highest BCUT2D eigenvalue weighted by molar-refractivity contribution is 5.87. The lowest BCUT2D eigenvalue weighted by Gasteiger charge is -2.20. The third-order valence-corrected chi connectivity index (χ3v) is 2.25. The number of carbonyl (C=O) groups is 2. The van der Waals surface area contributed by atoms with Crippen LogP contribution in [-0.2, 0) is 9.59 Å². The molecule has 0 unspecified atom stereocenters. The van der Waals surface area contributed by atoms with Crippen LogP contribution >= 0.6 is 0 Å². The van der Waals surface area contributed by atoms with Crippen LogP contribution in [0.1, 0.15) is 13.8 Å². The minimum absolute atomic E-state index is 0.384. The number of rotatable bonds is 4. The van der Waals surface area contributed by atoms with Gasteiger partial charge in [-0.05, 0) is 26.0 Å². The summed E-state index contributed by atoms with van der Waals surface area (Å²) in [5.74, 6) is -3.09. The lowest BCUT2D eigenvalue weighted by Crippen LogP contribution is -2.33. The van der Waals surface area contributed by atoms with Gasteiger partial charge in [-0.2, -0.15) is 0 Å². The number of aliphatic carboxylic acids is 2. The van der Waals surface area contributed by atoms with Gasteiger partial charge in [0, 0.05) is 0 Å². The number of carbonyl (C=O) groups excluding carboxylic acids is 2. The van der Waals surface area contributed by atoms with E-state index in [0.717, 1.165) is 8.97 Å². The van der Waals surface area contributed by atoms with E-state index in [1.807, 2.05) is 0 Å². The Morgan fingerprint density at radius 3 is 0.950 bits per heavy atom. The van der Waals surface area contributed by atoms with Crippen LogP contribution in [0.25, 0.3) is 0 Å². The predicted molar refractivity (Wildman–Crippen MR) is 76.3 cm³/mol. The quantitative estimate of drug-likeness (QED) is 0.464. The molecular weight excluding hydrogens is 260 g/mol. The second-order valence-corrected chi connectivity index (χ2v) is 6.18. The summed E-state index contributed by atoms with van der Waals surface area (Å²) in [6.07, 6.45) is 0.769.